The van der Waals surface area contributed by atoms with Crippen molar-refractivity contribution in [3.8, 4) is 0 Å². The fourth-order valence-corrected chi connectivity index (χ4v) is 3.03. The van der Waals surface area contributed by atoms with Crippen LogP contribution in [0.5, 0.6) is 0 Å². The van der Waals surface area contributed by atoms with Crippen LogP contribution >= 0.6 is 0 Å². The number of nitrogens with two attached hydrogens (primary N) is 2. The molecule has 0 spiro atoms. The van der Waals surface area contributed by atoms with E-state index in [1.54, 1.807) is 0 Å². The van der Waals surface area contributed by atoms with Crippen LogP contribution < -0.4 is 11.5 Å². The molecule has 4 rings (SSSR count). The first-order valence-electron chi connectivity index (χ1n) is 10.2. The molecule has 2 aromatic heterocycles. The average molecular weight is 397 g/mol. The van der Waals surface area contributed by atoms with Gasteiger partial charge in [-0.1, -0.05) is 72.8 Å². The van der Waals surface area contributed by atoms with Gasteiger partial charge in [-0.3, -0.25) is 0 Å². The quantitative estimate of drug-likeness (QED) is 0.486. The van der Waals surface area contributed by atoms with Crippen LogP contribution in [0, 0.1) is 0 Å². The van der Waals surface area contributed by atoms with Crippen molar-refractivity contribution in [2.45, 2.75) is 25.7 Å². The molecule has 4 aromatic rings. The van der Waals surface area contributed by atoms with Gasteiger partial charge in [0.2, 0.25) is 0 Å². The Morgan fingerprint density at radius 2 is 0.800 bits per heavy atom. The Balaban J connectivity index is 0.000000171. The Bertz CT molecular complexity index is 898. The van der Waals surface area contributed by atoms with E-state index in [4.69, 9.17) is 11.5 Å². The van der Waals surface area contributed by atoms with E-state index >= 15 is 0 Å². The molecule has 0 aliphatic rings. The molecule has 0 aliphatic carbocycles. The summed E-state index contributed by atoms with van der Waals surface area (Å²) in [6.45, 7) is 0. The van der Waals surface area contributed by atoms with Gasteiger partial charge in [0.15, 0.2) is 0 Å². The number of benzene rings is 2. The summed E-state index contributed by atoms with van der Waals surface area (Å²) in [5, 5.41) is 0. The molecule has 0 saturated heterocycles. The molecule has 0 aliphatic heterocycles. The predicted octanol–water partition coefficient (Wildman–Crippen LogP) is 4.90. The largest absolute Gasteiger partial charge is 0.384 e. The van der Waals surface area contributed by atoms with Crippen molar-refractivity contribution in [2.75, 3.05) is 11.5 Å². The van der Waals surface area contributed by atoms with Crippen molar-refractivity contribution in [3.05, 3.63) is 120 Å². The van der Waals surface area contributed by atoms with Gasteiger partial charge in [0.05, 0.1) is 0 Å². The molecule has 152 valence electrons. The summed E-state index contributed by atoms with van der Waals surface area (Å²) in [6.07, 6.45) is 7.81. The third-order valence-corrected chi connectivity index (χ3v) is 4.79. The number of nitrogen functional groups attached to an aromatic ring is 2. The molecule has 4 N–H and O–H groups in total. The minimum absolute atomic E-state index is 0.582. The predicted molar refractivity (Wildman–Crippen MR) is 125 cm³/mol. The summed E-state index contributed by atoms with van der Waals surface area (Å²) in [4.78, 5) is 8.14. The number of nitrogens with zero attached hydrogens (tertiary/aromatic N) is 2. The van der Waals surface area contributed by atoms with E-state index in [9.17, 15) is 0 Å². The van der Waals surface area contributed by atoms with Crippen LogP contribution in [0.25, 0.3) is 0 Å². The molecular formula is C26H28N4. The molecular weight excluding hydrogens is 368 g/mol. The molecule has 0 unspecified atom stereocenters. The van der Waals surface area contributed by atoms with Gasteiger partial charge in [-0.25, -0.2) is 9.97 Å². The molecule has 4 heteroatoms. The summed E-state index contributed by atoms with van der Waals surface area (Å²) in [6, 6.07) is 28.7. The van der Waals surface area contributed by atoms with Crippen molar-refractivity contribution in [2.24, 2.45) is 0 Å². The Labute approximate surface area is 178 Å². The van der Waals surface area contributed by atoms with E-state index in [1.807, 2.05) is 48.8 Å². The number of aromatic nitrogens is 2. The second kappa shape index (κ2) is 11.4. The number of hydrogen-bond acceptors (Lipinski definition) is 4. The number of pyridine rings is 2. The molecule has 0 saturated carbocycles. The molecule has 2 heterocycles. The third-order valence-electron chi connectivity index (χ3n) is 4.79. The van der Waals surface area contributed by atoms with Crippen LogP contribution in [0.3, 0.4) is 0 Å². The lowest BCUT2D eigenvalue weighted by Gasteiger charge is -2.01. The van der Waals surface area contributed by atoms with Crippen LogP contribution in [0.4, 0.5) is 11.6 Å². The van der Waals surface area contributed by atoms with Crippen LogP contribution in [0.15, 0.2) is 97.3 Å². The van der Waals surface area contributed by atoms with Gasteiger partial charge in [0.25, 0.3) is 0 Å². The normalized spacial score (nSPS) is 10.1. The Morgan fingerprint density at radius 1 is 0.433 bits per heavy atom. The first-order chi connectivity index (χ1) is 14.7. The summed E-state index contributed by atoms with van der Waals surface area (Å²) < 4.78 is 0. The Morgan fingerprint density at radius 3 is 1.13 bits per heavy atom. The lowest BCUT2D eigenvalue weighted by molar-refractivity contribution is 0.951. The highest BCUT2D eigenvalue weighted by atomic mass is 14.8. The molecule has 0 amide bonds. The van der Waals surface area contributed by atoms with Crippen molar-refractivity contribution in [1.29, 1.82) is 0 Å². The number of rotatable bonds is 6. The maximum Gasteiger partial charge on any atom is 0.123 e. The summed E-state index contributed by atoms with van der Waals surface area (Å²) in [5.74, 6) is 1.16. The number of anilines is 2. The van der Waals surface area contributed by atoms with Crippen LogP contribution in [-0.4, -0.2) is 9.97 Å². The Hall–Kier alpha value is -3.66. The van der Waals surface area contributed by atoms with Gasteiger partial charge in [0, 0.05) is 12.4 Å². The molecule has 0 bridgehead atoms. The number of aryl methyl sites for hydroxylation is 4. The maximum atomic E-state index is 5.52. The fourth-order valence-electron chi connectivity index (χ4n) is 3.03. The topological polar surface area (TPSA) is 77.8 Å². The van der Waals surface area contributed by atoms with E-state index in [1.165, 1.54) is 22.3 Å². The van der Waals surface area contributed by atoms with Crippen molar-refractivity contribution >= 4 is 11.6 Å². The highest BCUT2D eigenvalue weighted by Gasteiger charge is 1.96. The minimum Gasteiger partial charge on any atom is -0.384 e. The van der Waals surface area contributed by atoms with E-state index in [-0.39, 0.29) is 0 Å². The first kappa shape index (κ1) is 21.1. The fraction of sp³-hybridized carbons (Fsp3) is 0.154. The minimum atomic E-state index is 0.582. The molecule has 4 nitrogen and oxygen atoms in total. The molecule has 0 fully saturated rings. The molecule has 30 heavy (non-hydrogen) atoms. The van der Waals surface area contributed by atoms with Gasteiger partial charge in [0.1, 0.15) is 11.6 Å². The van der Waals surface area contributed by atoms with E-state index in [0.717, 1.165) is 25.7 Å². The second-order valence-corrected chi connectivity index (χ2v) is 7.15. The van der Waals surface area contributed by atoms with Gasteiger partial charge >= 0.3 is 0 Å². The second-order valence-electron chi connectivity index (χ2n) is 7.15. The highest BCUT2D eigenvalue weighted by Crippen LogP contribution is 2.08. The van der Waals surface area contributed by atoms with Gasteiger partial charge in [-0.2, -0.15) is 0 Å². The smallest absolute Gasteiger partial charge is 0.123 e. The van der Waals surface area contributed by atoms with Crippen molar-refractivity contribution in [1.82, 2.24) is 9.97 Å². The molecule has 0 radical (unpaired) electrons. The van der Waals surface area contributed by atoms with Crippen LogP contribution in [0.1, 0.15) is 22.3 Å². The zero-order chi connectivity index (χ0) is 21.0. The van der Waals surface area contributed by atoms with Crippen molar-refractivity contribution in [3.63, 3.8) is 0 Å². The zero-order valence-corrected chi connectivity index (χ0v) is 17.1. The third kappa shape index (κ3) is 7.40. The summed E-state index contributed by atoms with van der Waals surface area (Å²) >= 11 is 0. The zero-order valence-electron chi connectivity index (χ0n) is 17.1. The van der Waals surface area contributed by atoms with E-state index in [0.29, 0.717) is 11.6 Å². The standard InChI is InChI=1S/2C13H14N2/c2*14-13-9-8-12(10-15-13)7-6-11-4-2-1-3-5-11/h2*1-5,8-10H,6-7H2,(H2,14,15). The lowest BCUT2D eigenvalue weighted by Crippen LogP contribution is -1.94. The van der Waals surface area contributed by atoms with Gasteiger partial charge < -0.3 is 11.5 Å². The molecule has 2 aromatic carbocycles. The van der Waals surface area contributed by atoms with Crippen LogP contribution in [-0.2, 0) is 25.7 Å². The summed E-state index contributed by atoms with van der Waals surface area (Å²) in [7, 11) is 0. The summed E-state index contributed by atoms with van der Waals surface area (Å²) in [5.41, 5.74) is 16.2. The Kier molecular flexibility index (Phi) is 7.98. The molecule has 0 atom stereocenters. The average Bonchev–Trinajstić information content (AvgIpc) is 2.80. The lowest BCUT2D eigenvalue weighted by atomic mass is 10.1. The van der Waals surface area contributed by atoms with Crippen molar-refractivity contribution < 1.29 is 0 Å². The maximum absolute atomic E-state index is 5.52. The van der Waals surface area contributed by atoms with Gasteiger partial charge in [-0.05, 0) is 60.1 Å². The highest BCUT2D eigenvalue weighted by molar-refractivity contribution is 5.30. The van der Waals surface area contributed by atoms with E-state index < -0.39 is 0 Å². The number of hydrogen-bond donors (Lipinski definition) is 2. The van der Waals surface area contributed by atoms with Gasteiger partial charge in [-0.15, -0.1) is 0 Å². The first-order valence-corrected chi connectivity index (χ1v) is 10.2. The SMILES string of the molecule is Nc1ccc(CCc2ccccc2)cn1.Nc1ccc(CCc2ccccc2)cn1. The van der Waals surface area contributed by atoms with E-state index in [2.05, 4.69) is 58.5 Å². The van der Waals surface area contributed by atoms with Crippen LogP contribution in [0.2, 0.25) is 0 Å². The monoisotopic (exact) mass is 396 g/mol.